The quantitative estimate of drug-likeness (QED) is 0.832. The molecule has 0 unspecified atom stereocenters. The molecule has 0 aliphatic carbocycles. The summed E-state index contributed by atoms with van der Waals surface area (Å²) in [6.45, 7) is 0.872. The van der Waals surface area contributed by atoms with Crippen molar-refractivity contribution in [3.8, 4) is 5.75 Å². The van der Waals surface area contributed by atoms with Crippen LogP contribution in [0.1, 0.15) is 24.8 Å². The Balaban J connectivity index is 2.48. The molecule has 2 rings (SSSR count). The Labute approximate surface area is 112 Å². The number of anilines is 1. The number of aromatic hydroxyl groups is 1. The molecule has 1 N–H and O–H groups in total. The van der Waals surface area contributed by atoms with E-state index >= 15 is 0 Å². The third-order valence-electron chi connectivity index (χ3n) is 3.37. The molecule has 0 atom stereocenters. The fourth-order valence-corrected chi connectivity index (χ4v) is 2.34. The van der Waals surface area contributed by atoms with E-state index in [0.717, 1.165) is 31.4 Å². The molecular formula is C13H14F5NO. The van der Waals surface area contributed by atoms with Crippen molar-refractivity contribution < 1.29 is 27.1 Å². The summed E-state index contributed by atoms with van der Waals surface area (Å²) >= 11 is 0. The summed E-state index contributed by atoms with van der Waals surface area (Å²) in [7, 11) is 0. The van der Waals surface area contributed by atoms with E-state index in [0.29, 0.717) is 19.2 Å². The lowest BCUT2D eigenvalue weighted by Gasteiger charge is -2.32. The van der Waals surface area contributed by atoms with E-state index in [1.807, 2.05) is 0 Å². The van der Waals surface area contributed by atoms with Gasteiger partial charge in [-0.2, -0.15) is 22.0 Å². The molecule has 1 aliphatic heterocycles. The number of piperidine rings is 1. The van der Waals surface area contributed by atoms with Crippen LogP contribution < -0.4 is 4.90 Å². The van der Waals surface area contributed by atoms with Crippen LogP contribution in [-0.2, 0) is 5.92 Å². The molecule has 0 saturated carbocycles. The van der Waals surface area contributed by atoms with Crippen molar-refractivity contribution in [1.29, 1.82) is 0 Å². The molecule has 112 valence electrons. The van der Waals surface area contributed by atoms with Gasteiger partial charge in [0.15, 0.2) is 0 Å². The van der Waals surface area contributed by atoms with E-state index in [4.69, 9.17) is 0 Å². The minimum absolute atomic E-state index is 0.162. The highest BCUT2D eigenvalue weighted by molar-refractivity contribution is 5.58. The lowest BCUT2D eigenvalue weighted by molar-refractivity contribution is -0.289. The Hall–Kier alpha value is -1.53. The summed E-state index contributed by atoms with van der Waals surface area (Å²) in [4.78, 5) is 1.51. The van der Waals surface area contributed by atoms with Crippen LogP contribution in [0.3, 0.4) is 0 Å². The van der Waals surface area contributed by atoms with E-state index < -0.39 is 23.4 Å². The van der Waals surface area contributed by atoms with Gasteiger partial charge in [0.2, 0.25) is 0 Å². The summed E-state index contributed by atoms with van der Waals surface area (Å²) in [6.07, 6.45) is -3.26. The van der Waals surface area contributed by atoms with Crippen molar-refractivity contribution >= 4 is 5.69 Å². The molecule has 1 saturated heterocycles. The molecule has 1 aliphatic rings. The Bertz CT molecular complexity index is 480. The Morgan fingerprint density at radius 3 is 2.10 bits per heavy atom. The minimum Gasteiger partial charge on any atom is -0.508 e. The molecule has 0 radical (unpaired) electrons. The molecule has 1 aromatic rings. The maximum atomic E-state index is 13.6. The Morgan fingerprint density at radius 2 is 1.55 bits per heavy atom. The second kappa shape index (κ2) is 5.10. The monoisotopic (exact) mass is 295 g/mol. The lowest BCUT2D eigenvalue weighted by Crippen LogP contribution is -2.37. The largest absolute Gasteiger partial charge is 0.508 e. The summed E-state index contributed by atoms with van der Waals surface area (Å²) in [5.74, 6) is -5.59. The maximum Gasteiger partial charge on any atom is 0.458 e. The van der Waals surface area contributed by atoms with Crippen molar-refractivity contribution in [3.63, 3.8) is 0 Å². The summed E-state index contributed by atoms with van der Waals surface area (Å²) in [5.41, 5.74) is -1.35. The second-order valence-corrected chi connectivity index (χ2v) is 4.82. The topological polar surface area (TPSA) is 23.5 Å². The van der Waals surface area contributed by atoms with Crippen LogP contribution in [0.4, 0.5) is 27.6 Å². The number of phenolic OH excluding ortho intramolecular Hbond substituents is 1. The van der Waals surface area contributed by atoms with Crippen molar-refractivity contribution in [1.82, 2.24) is 0 Å². The second-order valence-electron chi connectivity index (χ2n) is 4.82. The molecule has 0 amide bonds. The van der Waals surface area contributed by atoms with E-state index in [1.165, 1.54) is 4.90 Å². The zero-order chi connectivity index (χ0) is 15.0. The van der Waals surface area contributed by atoms with Gasteiger partial charge < -0.3 is 10.0 Å². The highest BCUT2D eigenvalue weighted by Gasteiger charge is 2.60. The number of hydrogen-bond donors (Lipinski definition) is 1. The Kier molecular flexibility index (Phi) is 3.80. The average Bonchev–Trinajstić information content (AvgIpc) is 2.38. The predicted octanol–water partition coefficient (Wildman–Crippen LogP) is 4.04. The van der Waals surface area contributed by atoms with Gasteiger partial charge >= 0.3 is 12.1 Å². The zero-order valence-corrected chi connectivity index (χ0v) is 10.6. The maximum absolute atomic E-state index is 13.6. The van der Waals surface area contributed by atoms with Gasteiger partial charge in [-0.1, -0.05) is 0 Å². The first-order valence-corrected chi connectivity index (χ1v) is 6.26. The molecule has 0 spiro atoms. The fourth-order valence-electron chi connectivity index (χ4n) is 2.34. The third-order valence-corrected chi connectivity index (χ3v) is 3.37. The summed E-state index contributed by atoms with van der Waals surface area (Å²) < 4.78 is 64.8. The molecule has 1 heterocycles. The number of nitrogens with zero attached hydrogens (tertiary/aromatic N) is 1. The fraction of sp³-hybridized carbons (Fsp3) is 0.538. The number of hydrogen-bond acceptors (Lipinski definition) is 2. The van der Waals surface area contributed by atoms with E-state index in [-0.39, 0.29) is 5.69 Å². The number of rotatable bonds is 2. The molecule has 0 aromatic heterocycles. The molecule has 20 heavy (non-hydrogen) atoms. The van der Waals surface area contributed by atoms with Crippen molar-refractivity contribution in [2.75, 3.05) is 18.0 Å². The number of benzene rings is 1. The van der Waals surface area contributed by atoms with Gasteiger partial charge in [0, 0.05) is 18.8 Å². The molecule has 7 heteroatoms. The first kappa shape index (κ1) is 14.9. The van der Waals surface area contributed by atoms with Crippen LogP contribution in [-0.4, -0.2) is 24.4 Å². The molecule has 1 aromatic carbocycles. The first-order chi connectivity index (χ1) is 9.23. The Morgan fingerprint density at radius 1 is 0.950 bits per heavy atom. The molecule has 1 fully saturated rings. The molecular weight excluding hydrogens is 281 g/mol. The summed E-state index contributed by atoms with van der Waals surface area (Å²) in [6, 6.07) is 2.74. The van der Waals surface area contributed by atoms with E-state index in [2.05, 4.69) is 0 Å². The SMILES string of the molecule is Oc1ccc(N2CCCCC2)c(C(F)(F)C(F)(F)F)c1. The third kappa shape index (κ3) is 2.66. The van der Waals surface area contributed by atoms with E-state index in [9.17, 15) is 27.1 Å². The first-order valence-electron chi connectivity index (χ1n) is 6.26. The van der Waals surface area contributed by atoms with Crippen LogP contribution in [0.2, 0.25) is 0 Å². The van der Waals surface area contributed by atoms with Gasteiger partial charge in [0.25, 0.3) is 0 Å². The van der Waals surface area contributed by atoms with Gasteiger partial charge in [-0.15, -0.1) is 0 Å². The molecule has 0 bridgehead atoms. The highest BCUT2D eigenvalue weighted by atomic mass is 19.4. The summed E-state index contributed by atoms with van der Waals surface area (Å²) in [5, 5.41) is 9.25. The highest BCUT2D eigenvalue weighted by Crippen LogP contribution is 2.48. The minimum atomic E-state index is -5.69. The number of halogens is 5. The average molecular weight is 295 g/mol. The van der Waals surface area contributed by atoms with Gasteiger partial charge in [-0.05, 0) is 37.5 Å². The number of alkyl halides is 5. The van der Waals surface area contributed by atoms with Crippen LogP contribution >= 0.6 is 0 Å². The van der Waals surface area contributed by atoms with Crippen LogP contribution in [0, 0.1) is 0 Å². The van der Waals surface area contributed by atoms with Crippen molar-refractivity contribution in [3.05, 3.63) is 23.8 Å². The smallest absolute Gasteiger partial charge is 0.458 e. The van der Waals surface area contributed by atoms with Crippen molar-refractivity contribution in [2.24, 2.45) is 0 Å². The van der Waals surface area contributed by atoms with Crippen LogP contribution in [0.25, 0.3) is 0 Å². The van der Waals surface area contributed by atoms with Gasteiger partial charge in [-0.25, -0.2) is 0 Å². The normalized spacial score (nSPS) is 17.4. The van der Waals surface area contributed by atoms with Crippen LogP contribution in [0.15, 0.2) is 18.2 Å². The van der Waals surface area contributed by atoms with Gasteiger partial charge in [0.05, 0.1) is 5.56 Å². The van der Waals surface area contributed by atoms with Gasteiger partial charge in [0.1, 0.15) is 5.75 Å². The van der Waals surface area contributed by atoms with Crippen LogP contribution in [0.5, 0.6) is 5.75 Å². The van der Waals surface area contributed by atoms with E-state index in [1.54, 1.807) is 0 Å². The number of phenols is 1. The predicted molar refractivity (Wildman–Crippen MR) is 64.1 cm³/mol. The lowest BCUT2D eigenvalue weighted by atomic mass is 10.0. The standard InChI is InChI=1S/C13H14F5NO/c14-12(15,13(16,17)18)10-8-9(20)4-5-11(10)19-6-2-1-3-7-19/h4-5,8,20H,1-3,6-7H2. The van der Waals surface area contributed by atoms with Crippen molar-refractivity contribution in [2.45, 2.75) is 31.4 Å². The molecule has 2 nitrogen and oxygen atoms in total. The van der Waals surface area contributed by atoms with Gasteiger partial charge in [-0.3, -0.25) is 0 Å². The zero-order valence-electron chi connectivity index (χ0n) is 10.6.